The number of hydrogen-bond donors (Lipinski definition) is 2. The molecule has 1 aliphatic rings. The molecule has 0 aliphatic carbocycles. The fraction of sp³-hybridized carbons (Fsp3) is 0.167. The van der Waals surface area contributed by atoms with Gasteiger partial charge in [0.25, 0.3) is 10.0 Å². The van der Waals surface area contributed by atoms with E-state index in [-0.39, 0.29) is 10.8 Å². The Labute approximate surface area is 202 Å². The minimum atomic E-state index is -3.80. The molecular weight excluding hydrogens is 468 g/mol. The highest BCUT2D eigenvalue weighted by molar-refractivity contribution is 7.92. The van der Waals surface area contributed by atoms with E-state index in [1.165, 1.54) is 12.4 Å². The first-order chi connectivity index (χ1) is 16.8. The average molecular weight is 491 g/mol. The van der Waals surface area contributed by atoms with Gasteiger partial charge in [0.05, 0.1) is 10.6 Å². The number of ether oxygens (including phenoxy) is 1. The minimum absolute atomic E-state index is 0.0707. The predicted octanol–water partition coefficient (Wildman–Crippen LogP) is 3.76. The number of aryl methyl sites for hydroxylation is 2. The number of fused-ring (bicyclic) bond motifs is 1. The van der Waals surface area contributed by atoms with Crippen molar-refractivity contribution >= 4 is 27.3 Å². The standard InChI is InChI=1S/C24H22N6O4S/c1-15-16(2)30(14-27-15)22-12-24(26-13-25-22)34-19-6-4-18(5-7-19)29-35(32,33)20-8-9-21-17(11-20)3-10-23(31)28-21/h4-9,11-14,29H,3,10H2,1-2H3,(H,28,31). The molecule has 0 spiro atoms. The lowest BCUT2D eigenvalue weighted by atomic mass is 10.0. The Morgan fingerprint density at radius 3 is 2.54 bits per heavy atom. The first kappa shape index (κ1) is 22.5. The summed E-state index contributed by atoms with van der Waals surface area (Å²) in [6, 6.07) is 12.9. The lowest BCUT2D eigenvalue weighted by Gasteiger charge is -2.18. The van der Waals surface area contributed by atoms with E-state index in [0.29, 0.717) is 41.7 Å². The van der Waals surface area contributed by atoms with Gasteiger partial charge in [0.15, 0.2) is 0 Å². The molecule has 1 amide bonds. The highest BCUT2D eigenvalue weighted by Gasteiger charge is 2.20. The van der Waals surface area contributed by atoms with Crippen LogP contribution < -0.4 is 14.8 Å². The van der Waals surface area contributed by atoms with Crippen LogP contribution in [0, 0.1) is 13.8 Å². The van der Waals surface area contributed by atoms with Crippen molar-refractivity contribution < 1.29 is 17.9 Å². The molecule has 0 saturated heterocycles. The molecule has 0 bridgehead atoms. The van der Waals surface area contributed by atoms with Gasteiger partial charge < -0.3 is 10.1 Å². The average Bonchev–Trinajstić information content (AvgIpc) is 3.18. The molecule has 3 heterocycles. The van der Waals surface area contributed by atoms with Gasteiger partial charge in [-0.05, 0) is 68.3 Å². The van der Waals surface area contributed by atoms with Crippen LogP contribution in [-0.4, -0.2) is 33.8 Å². The van der Waals surface area contributed by atoms with Crippen LogP contribution in [0.25, 0.3) is 5.82 Å². The summed E-state index contributed by atoms with van der Waals surface area (Å²) in [5.74, 6) is 1.39. The van der Waals surface area contributed by atoms with E-state index in [4.69, 9.17) is 4.74 Å². The van der Waals surface area contributed by atoms with Crippen molar-refractivity contribution in [2.75, 3.05) is 10.0 Å². The topological polar surface area (TPSA) is 128 Å². The number of nitrogens with one attached hydrogen (secondary N) is 2. The van der Waals surface area contributed by atoms with E-state index >= 15 is 0 Å². The summed E-state index contributed by atoms with van der Waals surface area (Å²) < 4.78 is 36.0. The fourth-order valence-electron chi connectivity index (χ4n) is 3.70. The zero-order valence-electron chi connectivity index (χ0n) is 19.0. The zero-order valence-corrected chi connectivity index (χ0v) is 19.8. The monoisotopic (exact) mass is 490 g/mol. The Bertz CT molecular complexity index is 1530. The number of carbonyl (C=O) groups is 1. The molecule has 0 radical (unpaired) electrons. The molecule has 0 fully saturated rings. The van der Waals surface area contributed by atoms with Crippen molar-refractivity contribution in [3.05, 3.63) is 78.1 Å². The van der Waals surface area contributed by atoms with Crippen LogP contribution in [0.3, 0.4) is 0 Å². The van der Waals surface area contributed by atoms with E-state index in [1.54, 1.807) is 48.8 Å². The Balaban J connectivity index is 1.29. The molecule has 35 heavy (non-hydrogen) atoms. The molecule has 4 aromatic rings. The van der Waals surface area contributed by atoms with Crippen LogP contribution >= 0.6 is 0 Å². The number of amides is 1. The Hall–Kier alpha value is -4.25. The summed E-state index contributed by atoms with van der Waals surface area (Å²) in [7, 11) is -3.80. The first-order valence-electron chi connectivity index (χ1n) is 10.8. The number of carbonyl (C=O) groups excluding carboxylic acids is 1. The Kier molecular flexibility index (Phi) is 5.69. The number of hydrogen-bond acceptors (Lipinski definition) is 7. The minimum Gasteiger partial charge on any atom is -0.439 e. The molecule has 11 heteroatoms. The number of rotatable bonds is 6. The van der Waals surface area contributed by atoms with Crippen molar-refractivity contribution in [1.29, 1.82) is 0 Å². The number of sulfonamides is 1. The summed E-state index contributed by atoms with van der Waals surface area (Å²) in [5, 5.41) is 2.75. The molecule has 2 aromatic carbocycles. The number of anilines is 2. The number of aromatic nitrogens is 4. The number of nitrogens with zero attached hydrogens (tertiary/aromatic N) is 4. The Morgan fingerprint density at radius 1 is 1.00 bits per heavy atom. The highest BCUT2D eigenvalue weighted by atomic mass is 32.2. The van der Waals surface area contributed by atoms with Crippen molar-refractivity contribution in [1.82, 2.24) is 19.5 Å². The largest absolute Gasteiger partial charge is 0.439 e. The van der Waals surface area contributed by atoms with E-state index in [1.807, 2.05) is 18.4 Å². The van der Waals surface area contributed by atoms with E-state index < -0.39 is 10.0 Å². The zero-order chi connectivity index (χ0) is 24.6. The number of benzene rings is 2. The SMILES string of the molecule is Cc1ncn(-c2cc(Oc3ccc(NS(=O)(=O)c4ccc5c(c4)CCC(=O)N5)cc3)ncn2)c1C. The van der Waals surface area contributed by atoms with E-state index in [9.17, 15) is 13.2 Å². The Morgan fingerprint density at radius 2 is 1.80 bits per heavy atom. The summed E-state index contributed by atoms with van der Waals surface area (Å²) in [6.45, 7) is 3.87. The molecule has 2 N–H and O–H groups in total. The van der Waals surface area contributed by atoms with Gasteiger partial charge in [0.2, 0.25) is 11.8 Å². The lowest BCUT2D eigenvalue weighted by molar-refractivity contribution is -0.116. The van der Waals surface area contributed by atoms with Crippen molar-refractivity contribution in [2.24, 2.45) is 0 Å². The second kappa shape index (κ2) is 8.84. The maximum atomic E-state index is 12.9. The molecule has 5 rings (SSSR count). The molecule has 0 unspecified atom stereocenters. The smallest absolute Gasteiger partial charge is 0.261 e. The summed E-state index contributed by atoms with van der Waals surface area (Å²) >= 11 is 0. The van der Waals surface area contributed by atoms with Crippen molar-refractivity contribution in [2.45, 2.75) is 31.6 Å². The third kappa shape index (κ3) is 4.71. The van der Waals surface area contributed by atoms with Crippen LogP contribution in [0.5, 0.6) is 11.6 Å². The molecule has 178 valence electrons. The van der Waals surface area contributed by atoms with Gasteiger partial charge >= 0.3 is 0 Å². The number of imidazole rings is 1. The van der Waals surface area contributed by atoms with Gasteiger partial charge in [-0.2, -0.15) is 0 Å². The van der Waals surface area contributed by atoms with Gasteiger partial charge in [0, 0.05) is 29.6 Å². The molecule has 2 aromatic heterocycles. The van der Waals surface area contributed by atoms with Crippen LogP contribution in [0.1, 0.15) is 23.4 Å². The van der Waals surface area contributed by atoms with Crippen LogP contribution in [0.15, 0.2) is 66.1 Å². The fourth-order valence-corrected chi connectivity index (χ4v) is 4.81. The molecule has 0 saturated carbocycles. The van der Waals surface area contributed by atoms with Crippen LogP contribution in [-0.2, 0) is 21.2 Å². The first-order valence-corrected chi connectivity index (χ1v) is 12.3. The summed E-state index contributed by atoms with van der Waals surface area (Å²) in [6.07, 6.45) is 3.93. The van der Waals surface area contributed by atoms with Crippen LogP contribution in [0.4, 0.5) is 11.4 Å². The third-order valence-corrected chi connectivity index (χ3v) is 7.12. The molecular formula is C24H22N6O4S. The third-order valence-electron chi connectivity index (χ3n) is 5.74. The van der Waals surface area contributed by atoms with Gasteiger partial charge in [-0.25, -0.2) is 23.4 Å². The second-order valence-electron chi connectivity index (χ2n) is 8.10. The molecule has 1 aliphatic heterocycles. The van der Waals surface area contributed by atoms with Gasteiger partial charge in [-0.3, -0.25) is 14.1 Å². The predicted molar refractivity (Wildman–Crippen MR) is 129 cm³/mol. The van der Waals surface area contributed by atoms with Gasteiger partial charge in [-0.15, -0.1) is 0 Å². The normalized spacial score (nSPS) is 13.1. The van der Waals surface area contributed by atoms with Crippen molar-refractivity contribution in [3.8, 4) is 17.4 Å². The van der Waals surface area contributed by atoms with Crippen molar-refractivity contribution in [3.63, 3.8) is 0 Å². The lowest BCUT2D eigenvalue weighted by Crippen LogP contribution is -2.20. The maximum absolute atomic E-state index is 12.9. The molecule has 0 atom stereocenters. The van der Waals surface area contributed by atoms with E-state index in [2.05, 4.69) is 25.0 Å². The summed E-state index contributed by atoms with van der Waals surface area (Å²) in [4.78, 5) is 24.4. The van der Waals surface area contributed by atoms with Gasteiger partial charge in [0.1, 0.15) is 24.2 Å². The molecule has 10 nitrogen and oxygen atoms in total. The second-order valence-corrected chi connectivity index (χ2v) is 9.78. The van der Waals surface area contributed by atoms with Gasteiger partial charge in [-0.1, -0.05) is 0 Å². The van der Waals surface area contributed by atoms with E-state index in [0.717, 1.165) is 17.0 Å². The maximum Gasteiger partial charge on any atom is 0.261 e. The summed E-state index contributed by atoms with van der Waals surface area (Å²) in [5.41, 5.74) is 3.70. The quantitative estimate of drug-likeness (QED) is 0.421. The highest BCUT2D eigenvalue weighted by Crippen LogP contribution is 2.28. The van der Waals surface area contributed by atoms with Crippen LogP contribution in [0.2, 0.25) is 0 Å².